The Bertz CT molecular complexity index is 915. The summed E-state index contributed by atoms with van der Waals surface area (Å²) in [5, 5.41) is 3.14. The maximum atomic E-state index is 12.4. The summed E-state index contributed by atoms with van der Waals surface area (Å²) in [5.74, 6) is 0.153. The standard InChI is InChI=1S/C18H20Cl2N2O4S/c1-12(2)26-15-7-5-14(6-8-15)21-18(23)11-22(27(3,24)25)17-10-13(19)4-9-16(17)20/h4-10,12H,11H2,1-3H3,(H,21,23). The fraction of sp³-hybridized carbons (Fsp3) is 0.278. The van der Waals surface area contributed by atoms with E-state index in [9.17, 15) is 13.2 Å². The van der Waals surface area contributed by atoms with Crippen molar-refractivity contribution in [2.24, 2.45) is 0 Å². The quantitative estimate of drug-likeness (QED) is 0.714. The smallest absolute Gasteiger partial charge is 0.245 e. The first-order valence-electron chi connectivity index (χ1n) is 8.05. The Morgan fingerprint density at radius 1 is 1.15 bits per heavy atom. The van der Waals surface area contributed by atoms with Crippen LogP contribution in [0.2, 0.25) is 10.0 Å². The molecule has 0 heterocycles. The lowest BCUT2D eigenvalue weighted by Crippen LogP contribution is -2.37. The number of nitrogens with zero attached hydrogens (tertiary/aromatic N) is 1. The Morgan fingerprint density at radius 2 is 1.78 bits per heavy atom. The van der Waals surface area contributed by atoms with Gasteiger partial charge in [-0.2, -0.15) is 0 Å². The van der Waals surface area contributed by atoms with Gasteiger partial charge in [0, 0.05) is 10.7 Å². The highest BCUT2D eigenvalue weighted by molar-refractivity contribution is 7.92. The SMILES string of the molecule is CC(C)Oc1ccc(NC(=O)CN(c2cc(Cl)ccc2Cl)S(C)(=O)=O)cc1. The number of rotatable bonds is 7. The molecule has 0 aliphatic heterocycles. The third-order valence-electron chi connectivity index (χ3n) is 3.37. The highest BCUT2D eigenvalue weighted by Gasteiger charge is 2.23. The Kier molecular flexibility index (Phi) is 6.97. The molecule has 0 aromatic heterocycles. The summed E-state index contributed by atoms with van der Waals surface area (Å²) in [6.07, 6.45) is 1.03. The van der Waals surface area contributed by atoms with Gasteiger partial charge in [-0.1, -0.05) is 23.2 Å². The molecular weight excluding hydrogens is 411 g/mol. The van der Waals surface area contributed by atoms with Gasteiger partial charge in [-0.15, -0.1) is 0 Å². The zero-order valence-electron chi connectivity index (χ0n) is 15.1. The molecule has 2 aromatic carbocycles. The summed E-state index contributed by atoms with van der Waals surface area (Å²) in [6, 6.07) is 11.2. The zero-order valence-corrected chi connectivity index (χ0v) is 17.4. The second-order valence-electron chi connectivity index (χ2n) is 6.10. The Morgan fingerprint density at radius 3 is 2.33 bits per heavy atom. The first-order valence-corrected chi connectivity index (χ1v) is 10.7. The monoisotopic (exact) mass is 430 g/mol. The van der Waals surface area contributed by atoms with Gasteiger partial charge in [0.15, 0.2) is 0 Å². The van der Waals surface area contributed by atoms with Gasteiger partial charge in [0.1, 0.15) is 12.3 Å². The van der Waals surface area contributed by atoms with Crippen molar-refractivity contribution >= 4 is 50.5 Å². The molecule has 0 bridgehead atoms. The molecule has 146 valence electrons. The molecule has 0 saturated carbocycles. The van der Waals surface area contributed by atoms with Crippen LogP contribution in [0.1, 0.15) is 13.8 Å². The average molecular weight is 431 g/mol. The summed E-state index contributed by atoms with van der Waals surface area (Å²) in [6.45, 7) is 3.38. The molecule has 6 nitrogen and oxygen atoms in total. The Labute approximate surface area is 169 Å². The number of nitrogens with one attached hydrogen (secondary N) is 1. The van der Waals surface area contributed by atoms with Crippen molar-refractivity contribution in [3.8, 4) is 5.75 Å². The molecule has 27 heavy (non-hydrogen) atoms. The number of hydrogen-bond donors (Lipinski definition) is 1. The van der Waals surface area contributed by atoms with Gasteiger partial charge in [0.2, 0.25) is 15.9 Å². The highest BCUT2D eigenvalue weighted by Crippen LogP contribution is 2.30. The fourth-order valence-electron chi connectivity index (χ4n) is 2.28. The number of carbonyl (C=O) groups excluding carboxylic acids is 1. The Balaban J connectivity index is 2.16. The molecule has 0 unspecified atom stereocenters. The van der Waals surface area contributed by atoms with Crippen molar-refractivity contribution in [1.29, 1.82) is 0 Å². The van der Waals surface area contributed by atoms with Gasteiger partial charge in [0.05, 0.1) is 23.1 Å². The molecule has 0 saturated heterocycles. The van der Waals surface area contributed by atoms with Crippen LogP contribution < -0.4 is 14.4 Å². The van der Waals surface area contributed by atoms with Crippen LogP contribution >= 0.6 is 23.2 Å². The van der Waals surface area contributed by atoms with E-state index in [1.165, 1.54) is 18.2 Å². The minimum absolute atomic E-state index is 0.0382. The van der Waals surface area contributed by atoms with Crippen LogP contribution in [0.25, 0.3) is 0 Å². The van der Waals surface area contributed by atoms with Crippen LogP contribution in [0, 0.1) is 0 Å². The summed E-state index contributed by atoms with van der Waals surface area (Å²) < 4.78 is 30.8. The van der Waals surface area contributed by atoms with Crippen molar-refractivity contribution in [2.75, 3.05) is 22.4 Å². The molecule has 0 fully saturated rings. The minimum Gasteiger partial charge on any atom is -0.491 e. The first-order chi connectivity index (χ1) is 12.6. The van der Waals surface area contributed by atoms with Crippen LogP contribution in [-0.2, 0) is 14.8 Å². The van der Waals surface area contributed by atoms with E-state index in [0.717, 1.165) is 10.6 Å². The Hall–Kier alpha value is -1.96. The largest absolute Gasteiger partial charge is 0.491 e. The summed E-state index contributed by atoms with van der Waals surface area (Å²) in [4.78, 5) is 12.4. The summed E-state index contributed by atoms with van der Waals surface area (Å²) in [7, 11) is -3.76. The molecule has 0 atom stereocenters. The van der Waals surface area contributed by atoms with E-state index in [2.05, 4.69) is 5.32 Å². The van der Waals surface area contributed by atoms with Gasteiger partial charge in [-0.05, 0) is 56.3 Å². The molecule has 2 rings (SSSR count). The van der Waals surface area contributed by atoms with Gasteiger partial charge < -0.3 is 10.1 Å². The van der Waals surface area contributed by atoms with Crippen LogP contribution in [0.3, 0.4) is 0 Å². The van der Waals surface area contributed by atoms with Gasteiger partial charge >= 0.3 is 0 Å². The molecule has 0 aliphatic carbocycles. The summed E-state index contributed by atoms with van der Waals surface area (Å²) in [5.41, 5.74) is 0.657. The van der Waals surface area contributed by atoms with E-state index in [0.29, 0.717) is 16.5 Å². The molecular formula is C18H20Cl2N2O4S. The second kappa shape index (κ2) is 8.82. The minimum atomic E-state index is -3.76. The molecule has 1 N–H and O–H groups in total. The maximum absolute atomic E-state index is 12.4. The van der Waals surface area contributed by atoms with E-state index >= 15 is 0 Å². The van der Waals surface area contributed by atoms with E-state index in [4.69, 9.17) is 27.9 Å². The van der Waals surface area contributed by atoms with Crippen LogP contribution in [-0.4, -0.2) is 33.2 Å². The van der Waals surface area contributed by atoms with E-state index in [1.807, 2.05) is 13.8 Å². The van der Waals surface area contributed by atoms with Crippen LogP contribution in [0.5, 0.6) is 5.75 Å². The summed E-state index contributed by atoms with van der Waals surface area (Å²) >= 11 is 12.0. The highest BCUT2D eigenvalue weighted by atomic mass is 35.5. The number of ether oxygens (including phenoxy) is 1. The van der Waals surface area contributed by atoms with Crippen molar-refractivity contribution in [3.63, 3.8) is 0 Å². The number of amides is 1. The molecule has 0 spiro atoms. The van der Waals surface area contributed by atoms with Crippen molar-refractivity contribution in [1.82, 2.24) is 0 Å². The van der Waals surface area contributed by atoms with E-state index in [-0.39, 0.29) is 16.8 Å². The molecule has 1 amide bonds. The third-order valence-corrected chi connectivity index (χ3v) is 5.06. The molecule has 0 radical (unpaired) electrons. The first kappa shape index (κ1) is 21.3. The zero-order chi connectivity index (χ0) is 20.2. The van der Waals surface area contributed by atoms with Gasteiger partial charge in [-0.3, -0.25) is 9.10 Å². The van der Waals surface area contributed by atoms with Crippen LogP contribution in [0.15, 0.2) is 42.5 Å². The maximum Gasteiger partial charge on any atom is 0.245 e. The van der Waals surface area contributed by atoms with Gasteiger partial charge in [0.25, 0.3) is 0 Å². The van der Waals surface area contributed by atoms with Gasteiger partial charge in [-0.25, -0.2) is 8.42 Å². The lowest BCUT2D eigenvalue weighted by Gasteiger charge is -2.23. The van der Waals surface area contributed by atoms with E-state index < -0.39 is 22.5 Å². The predicted octanol–water partition coefficient (Wildman–Crippen LogP) is 4.19. The second-order valence-corrected chi connectivity index (χ2v) is 8.85. The number of benzene rings is 2. The number of hydrogen-bond acceptors (Lipinski definition) is 4. The lowest BCUT2D eigenvalue weighted by atomic mass is 10.3. The van der Waals surface area contributed by atoms with Crippen LogP contribution in [0.4, 0.5) is 11.4 Å². The number of halogens is 2. The number of sulfonamides is 1. The van der Waals surface area contributed by atoms with Crippen molar-refractivity contribution < 1.29 is 17.9 Å². The van der Waals surface area contributed by atoms with E-state index in [1.54, 1.807) is 24.3 Å². The van der Waals surface area contributed by atoms with Crippen molar-refractivity contribution in [2.45, 2.75) is 20.0 Å². The molecule has 0 aliphatic rings. The van der Waals surface area contributed by atoms with Crippen molar-refractivity contribution in [3.05, 3.63) is 52.5 Å². The normalized spacial score (nSPS) is 11.3. The number of anilines is 2. The molecule has 2 aromatic rings. The predicted molar refractivity (Wildman–Crippen MR) is 109 cm³/mol. The number of carbonyl (C=O) groups is 1. The lowest BCUT2D eigenvalue weighted by molar-refractivity contribution is -0.114. The topological polar surface area (TPSA) is 75.7 Å². The third kappa shape index (κ3) is 6.30. The molecule has 9 heteroatoms. The average Bonchev–Trinajstić information content (AvgIpc) is 2.55. The fourth-order valence-corrected chi connectivity index (χ4v) is 3.57.